The van der Waals surface area contributed by atoms with Gasteiger partial charge in [-0.15, -0.1) is 0 Å². The van der Waals surface area contributed by atoms with Crippen molar-refractivity contribution >= 4 is 50.9 Å². The molecule has 9 nitrogen and oxygen atoms in total. The summed E-state index contributed by atoms with van der Waals surface area (Å²) in [6, 6.07) is 9.05. The van der Waals surface area contributed by atoms with Crippen molar-refractivity contribution < 1.29 is 28.2 Å². The van der Waals surface area contributed by atoms with Gasteiger partial charge in [-0.3, -0.25) is 14.5 Å². The van der Waals surface area contributed by atoms with Crippen molar-refractivity contribution in [3.05, 3.63) is 79.1 Å². The maximum atomic E-state index is 13.9. The van der Waals surface area contributed by atoms with E-state index in [0.29, 0.717) is 41.0 Å². The number of aromatic nitrogens is 1. The third-order valence-electron chi connectivity index (χ3n) is 6.33. The number of aryl methyl sites for hydroxylation is 1. The molecule has 0 saturated heterocycles. The molecule has 5 rings (SSSR count). The van der Waals surface area contributed by atoms with Gasteiger partial charge in [0.2, 0.25) is 5.76 Å². The first-order valence-corrected chi connectivity index (χ1v) is 14.1. The Labute approximate surface area is 239 Å². The molecule has 0 spiro atoms. The van der Waals surface area contributed by atoms with Gasteiger partial charge in [-0.05, 0) is 63.1 Å². The molecule has 208 valence electrons. The lowest BCUT2D eigenvalue weighted by Gasteiger charge is -2.23. The highest BCUT2D eigenvalue weighted by Crippen LogP contribution is 2.45. The van der Waals surface area contributed by atoms with Gasteiger partial charge < -0.3 is 18.6 Å². The number of amides is 1. The van der Waals surface area contributed by atoms with Gasteiger partial charge in [0.05, 0.1) is 42.5 Å². The molecule has 1 unspecified atom stereocenters. The van der Waals surface area contributed by atoms with Gasteiger partial charge >= 0.3 is 5.97 Å². The minimum absolute atomic E-state index is 0.0976. The van der Waals surface area contributed by atoms with Crippen LogP contribution in [0.15, 0.2) is 45.6 Å². The molecule has 1 atom stereocenters. The molecule has 3 heterocycles. The van der Waals surface area contributed by atoms with Gasteiger partial charge in [0, 0.05) is 5.02 Å². The lowest BCUT2D eigenvalue weighted by atomic mass is 9.98. The molecule has 0 saturated carbocycles. The van der Waals surface area contributed by atoms with Crippen molar-refractivity contribution in [3.63, 3.8) is 0 Å². The predicted molar refractivity (Wildman–Crippen MR) is 152 cm³/mol. The number of nitrogens with zero attached hydrogens (tertiary/aromatic N) is 2. The molecule has 0 fully saturated rings. The zero-order chi connectivity index (χ0) is 28.6. The number of thiazole rings is 1. The van der Waals surface area contributed by atoms with Crippen LogP contribution in [0.25, 0.3) is 11.0 Å². The Morgan fingerprint density at radius 2 is 1.88 bits per heavy atom. The van der Waals surface area contributed by atoms with Crippen molar-refractivity contribution in [1.29, 1.82) is 0 Å². The maximum Gasteiger partial charge on any atom is 0.350 e. The maximum absolute atomic E-state index is 13.9. The Morgan fingerprint density at radius 1 is 1.07 bits per heavy atom. The summed E-state index contributed by atoms with van der Waals surface area (Å²) in [6.07, 6.45) is 0.814. The summed E-state index contributed by atoms with van der Waals surface area (Å²) in [7, 11) is 0. The summed E-state index contributed by atoms with van der Waals surface area (Å²) < 4.78 is 22.9. The van der Waals surface area contributed by atoms with Crippen LogP contribution in [0.3, 0.4) is 0 Å². The van der Waals surface area contributed by atoms with Crippen LogP contribution in [0.2, 0.25) is 5.02 Å². The number of carbonyl (C=O) groups excluding carboxylic acids is 2. The minimum atomic E-state index is -0.915. The molecule has 40 heavy (non-hydrogen) atoms. The van der Waals surface area contributed by atoms with Crippen LogP contribution in [0.5, 0.6) is 11.5 Å². The number of benzene rings is 2. The highest BCUT2D eigenvalue weighted by molar-refractivity contribution is 7.17. The number of hydrogen-bond donors (Lipinski definition) is 0. The molecule has 1 aliphatic rings. The summed E-state index contributed by atoms with van der Waals surface area (Å²) >= 11 is 7.22. The summed E-state index contributed by atoms with van der Waals surface area (Å²) in [6.45, 7) is 8.33. The average Bonchev–Trinajstić information content (AvgIpc) is 3.46. The zero-order valence-electron chi connectivity index (χ0n) is 22.4. The van der Waals surface area contributed by atoms with E-state index in [4.69, 9.17) is 30.2 Å². The van der Waals surface area contributed by atoms with E-state index in [0.717, 1.165) is 17.8 Å². The van der Waals surface area contributed by atoms with Crippen LogP contribution in [-0.2, 0) is 4.74 Å². The number of carbonyl (C=O) groups is 2. The Bertz CT molecular complexity index is 1680. The molecule has 0 aliphatic carbocycles. The summed E-state index contributed by atoms with van der Waals surface area (Å²) in [5.41, 5.74) is 0.995. The third-order valence-corrected chi connectivity index (χ3v) is 7.70. The van der Waals surface area contributed by atoms with Crippen molar-refractivity contribution in [2.45, 2.75) is 40.2 Å². The summed E-state index contributed by atoms with van der Waals surface area (Å²) in [5.74, 6) is -0.155. The number of ether oxygens (including phenoxy) is 3. The molecular formula is C29H27ClN2O7S. The fourth-order valence-electron chi connectivity index (χ4n) is 4.62. The van der Waals surface area contributed by atoms with E-state index >= 15 is 0 Å². The van der Waals surface area contributed by atoms with Gasteiger partial charge in [0.15, 0.2) is 22.1 Å². The SMILES string of the molecule is CCCOc1ccc(C2c3c(oc4ccc(Cl)cc4c3=O)C(=O)N2c2nc(C)c(C(=O)OCC)s2)cc1OCC. The van der Waals surface area contributed by atoms with Gasteiger partial charge in [-0.2, -0.15) is 0 Å². The number of hydrogen-bond acceptors (Lipinski definition) is 9. The molecule has 11 heteroatoms. The highest BCUT2D eigenvalue weighted by atomic mass is 35.5. The van der Waals surface area contributed by atoms with E-state index in [1.54, 1.807) is 44.2 Å². The molecule has 1 aliphatic heterocycles. The van der Waals surface area contributed by atoms with Crippen LogP contribution in [0.4, 0.5) is 5.13 Å². The second-order valence-electron chi connectivity index (χ2n) is 9.01. The fraction of sp³-hybridized carbons (Fsp3) is 0.310. The van der Waals surface area contributed by atoms with Gasteiger partial charge in [0.25, 0.3) is 5.91 Å². The van der Waals surface area contributed by atoms with E-state index in [1.807, 2.05) is 13.8 Å². The van der Waals surface area contributed by atoms with Crippen molar-refractivity contribution in [3.8, 4) is 11.5 Å². The fourth-order valence-corrected chi connectivity index (χ4v) is 5.78. The Morgan fingerprint density at radius 3 is 2.60 bits per heavy atom. The number of anilines is 1. The van der Waals surface area contributed by atoms with Crippen LogP contribution in [-0.4, -0.2) is 36.7 Å². The average molecular weight is 583 g/mol. The first-order valence-electron chi connectivity index (χ1n) is 12.9. The van der Waals surface area contributed by atoms with Crippen molar-refractivity contribution in [2.24, 2.45) is 0 Å². The van der Waals surface area contributed by atoms with Crippen LogP contribution >= 0.6 is 22.9 Å². The lowest BCUT2D eigenvalue weighted by molar-refractivity contribution is 0.0531. The monoisotopic (exact) mass is 582 g/mol. The molecule has 2 aromatic carbocycles. The number of fused-ring (bicyclic) bond motifs is 2. The highest BCUT2D eigenvalue weighted by Gasteiger charge is 2.45. The lowest BCUT2D eigenvalue weighted by Crippen LogP contribution is -2.29. The predicted octanol–water partition coefficient (Wildman–Crippen LogP) is 6.33. The number of esters is 1. The van der Waals surface area contributed by atoms with Crippen molar-refractivity contribution in [1.82, 2.24) is 4.98 Å². The second-order valence-corrected chi connectivity index (χ2v) is 10.4. The van der Waals surface area contributed by atoms with Gasteiger partial charge in [-0.1, -0.05) is 35.9 Å². The smallest absolute Gasteiger partial charge is 0.350 e. The van der Waals surface area contributed by atoms with Crippen LogP contribution in [0, 0.1) is 6.92 Å². The Balaban J connectivity index is 1.74. The Hall–Kier alpha value is -3.89. The molecule has 0 radical (unpaired) electrons. The standard InChI is InChI=1S/C29H27ClN2O7S/c1-5-12-38-20-10-8-16(13-21(20)36-6-2)23-22-24(33)18-14-17(30)9-11-19(18)39-25(22)27(34)32(23)29-31-15(4)26(40-29)28(35)37-7-3/h8-11,13-14,23H,5-7,12H2,1-4H3. The van der Waals surface area contributed by atoms with E-state index in [-0.39, 0.29) is 44.3 Å². The topological polar surface area (TPSA) is 108 Å². The second kappa shape index (κ2) is 11.3. The largest absolute Gasteiger partial charge is 0.490 e. The van der Waals surface area contributed by atoms with E-state index in [2.05, 4.69) is 4.98 Å². The first-order chi connectivity index (χ1) is 19.3. The molecule has 0 bridgehead atoms. The van der Waals surface area contributed by atoms with Crippen molar-refractivity contribution in [2.75, 3.05) is 24.7 Å². The van der Waals surface area contributed by atoms with Gasteiger partial charge in [-0.25, -0.2) is 9.78 Å². The minimum Gasteiger partial charge on any atom is -0.490 e. The van der Waals surface area contributed by atoms with Crippen LogP contribution in [0.1, 0.15) is 70.3 Å². The summed E-state index contributed by atoms with van der Waals surface area (Å²) in [5, 5.41) is 0.845. The molecule has 4 aromatic rings. The molecule has 0 N–H and O–H groups in total. The first kappa shape index (κ1) is 27.7. The Kier molecular flexibility index (Phi) is 7.82. The van der Waals surface area contributed by atoms with E-state index in [9.17, 15) is 14.4 Å². The zero-order valence-corrected chi connectivity index (χ0v) is 24.0. The number of rotatable bonds is 9. The third kappa shape index (κ3) is 4.82. The molecule has 1 amide bonds. The molecule has 2 aromatic heterocycles. The summed E-state index contributed by atoms with van der Waals surface area (Å²) in [4.78, 5) is 46.6. The van der Waals surface area contributed by atoms with E-state index < -0.39 is 17.9 Å². The normalized spacial score (nSPS) is 14.5. The quantitative estimate of drug-likeness (QED) is 0.211. The number of halogens is 1. The molecular weight excluding hydrogens is 556 g/mol. The van der Waals surface area contributed by atoms with E-state index in [1.165, 1.54) is 11.0 Å². The van der Waals surface area contributed by atoms with Gasteiger partial charge in [0.1, 0.15) is 10.5 Å². The van der Waals surface area contributed by atoms with Crippen LogP contribution < -0.4 is 19.8 Å².